The van der Waals surface area contributed by atoms with E-state index in [1.54, 1.807) is 0 Å². The topological polar surface area (TPSA) is 20.2 Å². The lowest BCUT2D eigenvalue weighted by atomic mass is 9.98. The molecule has 0 radical (unpaired) electrons. The van der Waals surface area contributed by atoms with Gasteiger partial charge in [0.05, 0.1) is 6.10 Å². The van der Waals surface area contributed by atoms with Crippen molar-refractivity contribution >= 4 is 5.57 Å². The van der Waals surface area contributed by atoms with Gasteiger partial charge >= 0.3 is 0 Å². The highest BCUT2D eigenvalue weighted by molar-refractivity contribution is 5.71. The van der Waals surface area contributed by atoms with Crippen molar-refractivity contribution in [1.29, 1.82) is 0 Å². The number of hydrogen-bond acceptors (Lipinski definition) is 1. The SMILES string of the molecule is C=C=C1c2ccccc2CCCC1O. The third kappa shape index (κ3) is 1.52. The first kappa shape index (κ1) is 9.26. The standard InChI is InChI=1S/C13H14O/c1-2-11-12-8-4-3-6-10(12)7-5-9-13(11)14/h3-4,6,8,13-14H,1,5,7,9H2. The third-order valence-electron chi connectivity index (χ3n) is 2.75. The van der Waals surface area contributed by atoms with Crippen molar-refractivity contribution in [2.75, 3.05) is 0 Å². The largest absolute Gasteiger partial charge is 0.388 e. The molecule has 1 atom stereocenters. The second-order valence-electron chi connectivity index (χ2n) is 3.66. The first-order valence-electron chi connectivity index (χ1n) is 4.99. The molecule has 0 bridgehead atoms. The van der Waals surface area contributed by atoms with Gasteiger partial charge in [0.1, 0.15) is 0 Å². The van der Waals surface area contributed by atoms with E-state index in [0.717, 1.165) is 30.4 Å². The van der Waals surface area contributed by atoms with E-state index < -0.39 is 6.10 Å². The Kier molecular flexibility index (Phi) is 2.53. The summed E-state index contributed by atoms with van der Waals surface area (Å²) in [6, 6.07) is 8.19. The van der Waals surface area contributed by atoms with Gasteiger partial charge in [-0.3, -0.25) is 0 Å². The number of fused-ring (bicyclic) bond motifs is 1. The zero-order valence-corrected chi connectivity index (χ0v) is 8.16. The maximum absolute atomic E-state index is 9.86. The van der Waals surface area contributed by atoms with E-state index in [1.165, 1.54) is 5.56 Å². The van der Waals surface area contributed by atoms with E-state index in [1.807, 2.05) is 18.2 Å². The Bertz CT molecular complexity index is 386. The number of hydrogen-bond donors (Lipinski definition) is 1. The summed E-state index contributed by atoms with van der Waals surface area (Å²) in [6.45, 7) is 3.65. The predicted molar refractivity (Wildman–Crippen MR) is 57.9 cm³/mol. The molecule has 0 fully saturated rings. The molecule has 14 heavy (non-hydrogen) atoms. The molecule has 0 saturated heterocycles. The van der Waals surface area contributed by atoms with Crippen LogP contribution in [0.15, 0.2) is 36.6 Å². The smallest absolute Gasteiger partial charge is 0.0867 e. The van der Waals surface area contributed by atoms with Gasteiger partial charge in [0, 0.05) is 5.57 Å². The Balaban J connectivity index is 2.56. The highest BCUT2D eigenvalue weighted by Crippen LogP contribution is 2.28. The van der Waals surface area contributed by atoms with Gasteiger partial charge < -0.3 is 5.11 Å². The lowest BCUT2D eigenvalue weighted by Crippen LogP contribution is -2.06. The highest BCUT2D eigenvalue weighted by atomic mass is 16.3. The number of aliphatic hydroxyl groups excluding tert-OH is 1. The van der Waals surface area contributed by atoms with Crippen LogP contribution in [0.3, 0.4) is 0 Å². The van der Waals surface area contributed by atoms with Crippen LogP contribution in [0.1, 0.15) is 24.0 Å². The minimum Gasteiger partial charge on any atom is -0.388 e. The van der Waals surface area contributed by atoms with Gasteiger partial charge in [0.2, 0.25) is 0 Å². The van der Waals surface area contributed by atoms with Crippen LogP contribution < -0.4 is 0 Å². The Morgan fingerprint density at radius 2 is 2.14 bits per heavy atom. The van der Waals surface area contributed by atoms with Crippen LogP contribution >= 0.6 is 0 Å². The van der Waals surface area contributed by atoms with Crippen molar-refractivity contribution in [2.45, 2.75) is 25.4 Å². The molecule has 0 amide bonds. The Labute approximate surface area is 84.4 Å². The van der Waals surface area contributed by atoms with Crippen LogP contribution in [0.4, 0.5) is 0 Å². The zero-order valence-electron chi connectivity index (χ0n) is 8.16. The second-order valence-corrected chi connectivity index (χ2v) is 3.66. The van der Waals surface area contributed by atoms with Crippen LogP contribution in [-0.2, 0) is 6.42 Å². The quantitative estimate of drug-likeness (QED) is 0.487. The lowest BCUT2D eigenvalue weighted by molar-refractivity contribution is 0.221. The van der Waals surface area contributed by atoms with Crippen LogP contribution in [-0.4, -0.2) is 11.2 Å². The third-order valence-corrected chi connectivity index (χ3v) is 2.75. The average Bonchev–Trinajstić information content (AvgIpc) is 2.36. The van der Waals surface area contributed by atoms with Crippen molar-refractivity contribution in [3.05, 3.63) is 47.7 Å². The molecular weight excluding hydrogens is 172 g/mol. The van der Waals surface area contributed by atoms with Gasteiger partial charge in [-0.05, 0) is 30.4 Å². The predicted octanol–water partition coefficient (Wildman–Crippen LogP) is 2.55. The van der Waals surface area contributed by atoms with Crippen LogP contribution in [0.25, 0.3) is 5.57 Å². The summed E-state index contributed by atoms with van der Waals surface area (Å²) in [5.74, 6) is 0. The molecule has 1 unspecified atom stereocenters. The molecule has 0 saturated carbocycles. The maximum Gasteiger partial charge on any atom is 0.0867 e. The molecule has 0 heterocycles. The van der Waals surface area contributed by atoms with Gasteiger partial charge in [-0.25, -0.2) is 0 Å². The van der Waals surface area contributed by atoms with E-state index >= 15 is 0 Å². The van der Waals surface area contributed by atoms with E-state index in [9.17, 15) is 5.11 Å². The van der Waals surface area contributed by atoms with Gasteiger partial charge in [-0.15, -0.1) is 5.73 Å². The average molecular weight is 186 g/mol. The Morgan fingerprint density at radius 3 is 2.93 bits per heavy atom. The molecular formula is C13H14O. The van der Waals surface area contributed by atoms with E-state index in [-0.39, 0.29) is 0 Å². The number of rotatable bonds is 0. The van der Waals surface area contributed by atoms with E-state index in [0.29, 0.717) is 0 Å². The van der Waals surface area contributed by atoms with Crippen LogP contribution in [0.2, 0.25) is 0 Å². The first-order valence-corrected chi connectivity index (χ1v) is 4.99. The summed E-state index contributed by atoms with van der Waals surface area (Å²) in [6.07, 6.45) is 2.49. The number of benzene rings is 1. The highest BCUT2D eigenvalue weighted by Gasteiger charge is 2.18. The monoisotopic (exact) mass is 186 g/mol. The summed E-state index contributed by atoms with van der Waals surface area (Å²) >= 11 is 0. The minimum atomic E-state index is -0.392. The molecule has 2 rings (SSSR count). The summed E-state index contributed by atoms with van der Waals surface area (Å²) in [5, 5.41) is 9.86. The first-order chi connectivity index (χ1) is 6.83. The van der Waals surface area contributed by atoms with Gasteiger partial charge in [0.25, 0.3) is 0 Å². The molecule has 1 heteroatoms. The zero-order chi connectivity index (χ0) is 9.97. The molecule has 1 aromatic rings. The molecule has 0 aliphatic heterocycles. The summed E-state index contributed by atoms with van der Waals surface area (Å²) < 4.78 is 0. The Hall–Kier alpha value is -1.30. The maximum atomic E-state index is 9.86. The van der Waals surface area contributed by atoms with Crippen LogP contribution in [0, 0.1) is 0 Å². The molecule has 0 aromatic heterocycles. The second kappa shape index (κ2) is 3.83. The molecule has 1 nitrogen and oxygen atoms in total. The molecule has 1 aromatic carbocycles. The lowest BCUT2D eigenvalue weighted by Gasteiger charge is -2.10. The van der Waals surface area contributed by atoms with Gasteiger partial charge in [0.15, 0.2) is 0 Å². The fourth-order valence-electron chi connectivity index (χ4n) is 2.02. The number of aliphatic hydroxyl groups is 1. The van der Waals surface area contributed by atoms with Crippen molar-refractivity contribution in [3.63, 3.8) is 0 Å². The van der Waals surface area contributed by atoms with Gasteiger partial charge in [-0.2, -0.15) is 0 Å². The Morgan fingerprint density at radius 1 is 1.36 bits per heavy atom. The molecule has 1 aliphatic rings. The summed E-state index contributed by atoms with van der Waals surface area (Å²) in [5.41, 5.74) is 6.15. The van der Waals surface area contributed by atoms with E-state index in [4.69, 9.17) is 0 Å². The van der Waals surface area contributed by atoms with Crippen molar-refractivity contribution in [2.24, 2.45) is 0 Å². The van der Waals surface area contributed by atoms with Crippen molar-refractivity contribution in [1.82, 2.24) is 0 Å². The molecule has 0 spiro atoms. The minimum absolute atomic E-state index is 0.392. The van der Waals surface area contributed by atoms with Crippen LogP contribution in [0.5, 0.6) is 0 Å². The summed E-state index contributed by atoms with van der Waals surface area (Å²) in [4.78, 5) is 0. The molecule has 1 aliphatic carbocycles. The fraction of sp³-hybridized carbons (Fsp3) is 0.308. The summed E-state index contributed by atoms with van der Waals surface area (Å²) in [7, 11) is 0. The van der Waals surface area contributed by atoms with Gasteiger partial charge in [-0.1, -0.05) is 30.8 Å². The number of aryl methyl sites for hydroxylation is 1. The molecule has 72 valence electrons. The fourth-order valence-corrected chi connectivity index (χ4v) is 2.02. The normalized spacial score (nSPS) is 20.9. The van der Waals surface area contributed by atoms with E-state index in [2.05, 4.69) is 18.4 Å². The van der Waals surface area contributed by atoms with Crippen molar-refractivity contribution < 1.29 is 5.11 Å². The van der Waals surface area contributed by atoms with Crippen molar-refractivity contribution in [3.8, 4) is 0 Å². The molecule has 1 N–H and O–H groups in total.